The van der Waals surface area contributed by atoms with Gasteiger partial charge in [-0.1, -0.05) is 24.3 Å². The van der Waals surface area contributed by atoms with Crippen LogP contribution in [0.2, 0.25) is 0 Å². The predicted molar refractivity (Wildman–Crippen MR) is 80.1 cm³/mol. The Morgan fingerprint density at radius 3 is 2.65 bits per heavy atom. The second-order valence-corrected chi connectivity index (χ2v) is 4.90. The van der Waals surface area contributed by atoms with Crippen LogP contribution in [0.4, 0.5) is 0 Å². The van der Waals surface area contributed by atoms with Crippen molar-refractivity contribution in [2.45, 2.75) is 19.9 Å². The van der Waals surface area contributed by atoms with Gasteiger partial charge in [0.25, 0.3) is 0 Å². The molecule has 2 aromatic heterocycles. The van der Waals surface area contributed by atoms with E-state index >= 15 is 0 Å². The average molecular weight is 264 g/mol. The molecule has 0 saturated heterocycles. The summed E-state index contributed by atoms with van der Waals surface area (Å²) in [5.41, 5.74) is 8.58. The fourth-order valence-corrected chi connectivity index (χ4v) is 2.34. The van der Waals surface area contributed by atoms with Gasteiger partial charge < -0.3 is 5.73 Å². The van der Waals surface area contributed by atoms with Crippen LogP contribution in [-0.4, -0.2) is 15.0 Å². The van der Waals surface area contributed by atoms with Crippen LogP contribution in [0.15, 0.2) is 42.7 Å². The van der Waals surface area contributed by atoms with Crippen molar-refractivity contribution in [3.63, 3.8) is 0 Å². The number of benzene rings is 1. The minimum absolute atomic E-state index is 0.0653. The van der Waals surface area contributed by atoms with E-state index in [0.717, 1.165) is 27.7 Å². The molecular weight excluding hydrogens is 248 g/mol. The van der Waals surface area contributed by atoms with Crippen LogP contribution in [-0.2, 0) is 0 Å². The molecule has 1 atom stereocenters. The fourth-order valence-electron chi connectivity index (χ4n) is 2.34. The van der Waals surface area contributed by atoms with Crippen LogP contribution in [0.1, 0.15) is 24.2 Å². The second kappa shape index (κ2) is 4.98. The molecule has 0 fully saturated rings. The SMILES string of the molecule is Cc1nc(-c2nccc3ccccc23)ncc1C(C)N. The standard InChI is InChI=1S/C16H16N4/c1-10(17)14-9-19-16(20-11(14)2)15-13-6-4-3-5-12(13)7-8-18-15/h3-10H,17H2,1-2H3. The van der Waals surface area contributed by atoms with Crippen molar-refractivity contribution in [1.29, 1.82) is 0 Å². The first-order chi connectivity index (χ1) is 9.66. The lowest BCUT2D eigenvalue weighted by molar-refractivity contribution is 0.790. The molecule has 0 bridgehead atoms. The molecule has 2 heterocycles. The first kappa shape index (κ1) is 12.7. The Morgan fingerprint density at radius 1 is 1.10 bits per heavy atom. The van der Waals surface area contributed by atoms with E-state index in [4.69, 9.17) is 5.73 Å². The summed E-state index contributed by atoms with van der Waals surface area (Å²) in [6, 6.07) is 10.0. The van der Waals surface area contributed by atoms with Crippen LogP contribution in [0.25, 0.3) is 22.3 Å². The Morgan fingerprint density at radius 2 is 1.90 bits per heavy atom. The van der Waals surface area contributed by atoms with E-state index in [0.29, 0.717) is 5.82 Å². The average Bonchev–Trinajstić information content (AvgIpc) is 2.46. The van der Waals surface area contributed by atoms with E-state index in [1.54, 1.807) is 12.4 Å². The highest BCUT2D eigenvalue weighted by molar-refractivity contribution is 5.92. The lowest BCUT2D eigenvalue weighted by atomic mass is 10.1. The van der Waals surface area contributed by atoms with E-state index < -0.39 is 0 Å². The monoisotopic (exact) mass is 264 g/mol. The molecule has 4 heteroatoms. The smallest absolute Gasteiger partial charge is 0.179 e. The van der Waals surface area contributed by atoms with Crippen molar-refractivity contribution in [2.75, 3.05) is 0 Å². The second-order valence-electron chi connectivity index (χ2n) is 4.90. The number of fused-ring (bicyclic) bond motifs is 1. The van der Waals surface area contributed by atoms with Gasteiger partial charge in [-0.25, -0.2) is 9.97 Å². The van der Waals surface area contributed by atoms with Gasteiger partial charge in [0.2, 0.25) is 0 Å². The number of pyridine rings is 1. The van der Waals surface area contributed by atoms with Crippen molar-refractivity contribution >= 4 is 10.8 Å². The van der Waals surface area contributed by atoms with Gasteiger partial charge in [-0.05, 0) is 25.3 Å². The molecule has 1 aromatic carbocycles. The topological polar surface area (TPSA) is 64.7 Å². The summed E-state index contributed by atoms with van der Waals surface area (Å²) in [6.45, 7) is 3.89. The zero-order chi connectivity index (χ0) is 14.1. The molecule has 100 valence electrons. The van der Waals surface area contributed by atoms with Crippen molar-refractivity contribution in [2.24, 2.45) is 5.73 Å². The van der Waals surface area contributed by atoms with Gasteiger partial charge in [-0.3, -0.25) is 4.98 Å². The Hall–Kier alpha value is -2.33. The third-order valence-corrected chi connectivity index (χ3v) is 3.39. The maximum atomic E-state index is 5.90. The Labute approximate surface area is 117 Å². The summed E-state index contributed by atoms with van der Waals surface area (Å²) in [7, 11) is 0. The highest BCUT2D eigenvalue weighted by Crippen LogP contribution is 2.24. The van der Waals surface area contributed by atoms with Gasteiger partial charge in [0.1, 0.15) is 5.69 Å². The van der Waals surface area contributed by atoms with Gasteiger partial charge in [0, 0.05) is 35.1 Å². The van der Waals surface area contributed by atoms with Crippen LogP contribution in [0, 0.1) is 6.92 Å². The van der Waals surface area contributed by atoms with Crippen LogP contribution in [0.3, 0.4) is 0 Å². The minimum atomic E-state index is -0.0653. The van der Waals surface area contributed by atoms with E-state index in [1.807, 2.05) is 38.1 Å². The Bertz CT molecular complexity index is 760. The van der Waals surface area contributed by atoms with Crippen molar-refractivity contribution < 1.29 is 0 Å². The molecule has 0 saturated carbocycles. The number of hydrogen-bond acceptors (Lipinski definition) is 4. The van der Waals surface area contributed by atoms with Crippen molar-refractivity contribution in [1.82, 2.24) is 15.0 Å². The van der Waals surface area contributed by atoms with E-state index in [-0.39, 0.29) is 6.04 Å². The number of aryl methyl sites for hydroxylation is 1. The molecule has 0 aliphatic rings. The van der Waals surface area contributed by atoms with Gasteiger partial charge in [0.15, 0.2) is 5.82 Å². The number of aromatic nitrogens is 3. The molecular formula is C16H16N4. The van der Waals surface area contributed by atoms with E-state index in [9.17, 15) is 0 Å². The molecule has 20 heavy (non-hydrogen) atoms. The lowest BCUT2D eigenvalue weighted by Gasteiger charge is -2.10. The number of hydrogen-bond donors (Lipinski definition) is 1. The molecule has 4 nitrogen and oxygen atoms in total. The van der Waals surface area contributed by atoms with Crippen LogP contribution >= 0.6 is 0 Å². The molecule has 2 N–H and O–H groups in total. The predicted octanol–water partition coefficient (Wildman–Crippen LogP) is 3.02. The largest absolute Gasteiger partial charge is 0.324 e. The van der Waals surface area contributed by atoms with Crippen LogP contribution < -0.4 is 5.73 Å². The van der Waals surface area contributed by atoms with Crippen molar-refractivity contribution in [3.8, 4) is 11.5 Å². The fraction of sp³-hybridized carbons (Fsp3) is 0.188. The molecule has 0 spiro atoms. The first-order valence-corrected chi connectivity index (χ1v) is 6.60. The summed E-state index contributed by atoms with van der Waals surface area (Å²) >= 11 is 0. The molecule has 0 aliphatic carbocycles. The molecule has 3 aromatic rings. The maximum absolute atomic E-state index is 5.90. The zero-order valence-corrected chi connectivity index (χ0v) is 11.5. The summed E-state index contributed by atoms with van der Waals surface area (Å²) in [5, 5.41) is 2.19. The van der Waals surface area contributed by atoms with Gasteiger partial charge in [-0.2, -0.15) is 0 Å². The maximum Gasteiger partial charge on any atom is 0.179 e. The van der Waals surface area contributed by atoms with E-state index in [2.05, 4.69) is 21.0 Å². The first-order valence-electron chi connectivity index (χ1n) is 6.60. The lowest BCUT2D eigenvalue weighted by Crippen LogP contribution is -2.09. The number of nitrogens with zero attached hydrogens (tertiary/aromatic N) is 3. The van der Waals surface area contributed by atoms with Gasteiger partial charge in [0.05, 0.1) is 0 Å². The van der Waals surface area contributed by atoms with Gasteiger partial charge >= 0.3 is 0 Å². The summed E-state index contributed by atoms with van der Waals surface area (Å²) < 4.78 is 0. The number of nitrogens with two attached hydrogens (primary N) is 1. The van der Waals surface area contributed by atoms with Crippen molar-refractivity contribution in [3.05, 3.63) is 54.0 Å². The third kappa shape index (κ3) is 2.14. The minimum Gasteiger partial charge on any atom is -0.324 e. The highest BCUT2D eigenvalue weighted by atomic mass is 14.9. The Balaban J connectivity index is 2.19. The molecule has 3 rings (SSSR count). The van der Waals surface area contributed by atoms with Crippen LogP contribution in [0.5, 0.6) is 0 Å². The molecule has 0 radical (unpaired) electrons. The highest BCUT2D eigenvalue weighted by Gasteiger charge is 2.11. The van der Waals surface area contributed by atoms with E-state index in [1.165, 1.54) is 0 Å². The Kier molecular flexibility index (Phi) is 3.16. The molecule has 1 unspecified atom stereocenters. The molecule has 0 amide bonds. The number of rotatable bonds is 2. The quantitative estimate of drug-likeness (QED) is 0.772. The third-order valence-electron chi connectivity index (χ3n) is 3.39. The molecule has 0 aliphatic heterocycles. The summed E-state index contributed by atoms with van der Waals surface area (Å²) in [6.07, 6.45) is 3.58. The van der Waals surface area contributed by atoms with Gasteiger partial charge in [-0.15, -0.1) is 0 Å². The zero-order valence-electron chi connectivity index (χ0n) is 11.5. The summed E-state index contributed by atoms with van der Waals surface area (Å²) in [4.78, 5) is 13.4. The summed E-state index contributed by atoms with van der Waals surface area (Å²) in [5.74, 6) is 0.642. The normalized spacial score (nSPS) is 12.6.